The van der Waals surface area contributed by atoms with E-state index < -0.39 is 0 Å². The molecule has 25 heavy (non-hydrogen) atoms. The van der Waals surface area contributed by atoms with Gasteiger partial charge in [-0.1, -0.05) is 64.8 Å². The molecule has 1 heterocycles. The molecule has 2 aromatic carbocycles. The molecule has 6 heteroatoms. The van der Waals surface area contributed by atoms with Crippen LogP contribution in [0.25, 0.3) is 5.69 Å². The Morgan fingerprint density at radius 1 is 1.08 bits per heavy atom. The second kappa shape index (κ2) is 7.02. The lowest BCUT2D eigenvalue weighted by Gasteiger charge is -2.11. The van der Waals surface area contributed by atoms with Crippen molar-refractivity contribution in [1.29, 1.82) is 0 Å². The molecule has 1 aliphatic rings. The van der Waals surface area contributed by atoms with E-state index in [4.69, 9.17) is 23.2 Å². The molecule has 0 bridgehead atoms. The molecule has 1 saturated carbocycles. The van der Waals surface area contributed by atoms with Crippen molar-refractivity contribution in [2.45, 2.75) is 36.6 Å². The maximum absolute atomic E-state index is 6.23. The van der Waals surface area contributed by atoms with E-state index in [-0.39, 0.29) is 0 Å². The average Bonchev–Trinajstić information content (AvgIpc) is 3.35. The first-order valence-corrected chi connectivity index (χ1v) is 9.95. The van der Waals surface area contributed by atoms with Crippen LogP contribution in [0.15, 0.2) is 47.6 Å². The Morgan fingerprint density at radius 3 is 2.64 bits per heavy atom. The number of aryl methyl sites for hydroxylation is 1. The van der Waals surface area contributed by atoms with E-state index >= 15 is 0 Å². The predicted octanol–water partition coefficient (Wildman–Crippen LogP) is 6.05. The first-order chi connectivity index (χ1) is 12.1. The maximum atomic E-state index is 6.23. The van der Waals surface area contributed by atoms with Crippen LogP contribution in [0.4, 0.5) is 0 Å². The summed E-state index contributed by atoms with van der Waals surface area (Å²) in [7, 11) is 0. The number of aromatic nitrogens is 3. The van der Waals surface area contributed by atoms with Gasteiger partial charge in [0.1, 0.15) is 5.82 Å². The lowest BCUT2D eigenvalue weighted by atomic mass is 10.2. The zero-order chi connectivity index (χ0) is 17.4. The molecule has 1 aromatic heterocycles. The van der Waals surface area contributed by atoms with Gasteiger partial charge in [-0.2, -0.15) is 0 Å². The SMILES string of the molecule is Cc1cccc(CSc2nnc(C3CC3)n2-c2ccc(Cl)c(Cl)c2)c1. The molecule has 1 aliphatic carbocycles. The van der Waals surface area contributed by atoms with Crippen LogP contribution in [0.5, 0.6) is 0 Å². The van der Waals surface area contributed by atoms with E-state index in [0.29, 0.717) is 16.0 Å². The van der Waals surface area contributed by atoms with E-state index in [9.17, 15) is 0 Å². The van der Waals surface area contributed by atoms with Crippen molar-refractivity contribution in [2.24, 2.45) is 0 Å². The summed E-state index contributed by atoms with van der Waals surface area (Å²) in [6.45, 7) is 2.11. The number of hydrogen-bond acceptors (Lipinski definition) is 3. The van der Waals surface area contributed by atoms with Gasteiger partial charge in [0.2, 0.25) is 0 Å². The van der Waals surface area contributed by atoms with E-state index in [2.05, 4.69) is 46.0 Å². The molecule has 0 unspecified atom stereocenters. The summed E-state index contributed by atoms with van der Waals surface area (Å²) in [6, 6.07) is 14.2. The Balaban J connectivity index is 1.67. The fraction of sp³-hybridized carbons (Fsp3) is 0.263. The van der Waals surface area contributed by atoms with Crippen molar-refractivity contribution >= 4 is 35.0 Å². The molecule has 0 aliphatic heterocycles. The highest BCUT2D eigenvalue weighted by molar-refractivity contribution is 7.98. The molecule has 0 amide bonds. The van der Waals surface area contributed by atoms with Crippen LogP contribution < -0.4 is 0 Å². The topological polar surface area (TPSA) is 30.7 Å². The van der Waals surface area contributed by atoms with Gasteiger partial charge in [0.15, 0.2) is 5.16 Å². The van der Waals surface area contributed by atoms with Crippen molar-refractivity contribution in [3.8, 4) is 5.69 Å². The van der Waals surface area contributed by atoms with Crippen LogP contribution in [-0.4, -0.2) is 14.8 Å². The van der Waals surface area contributed by atoms with Crippen LogP contribution in [0.3, 0.4) is 0 Å². The molecule has 3 nitrogen and oxygen atoms in total. The largest absolute Gasteiger partial charge is 0.274 e. The number of halogens is 2. The molecule has 4 rings (SSSR count). The molecular formula is C19H17Cl2N3S. The summed E-state index contributed by atoms with van der Waals surface area (Å²) < 4.78 is 2.13. The molecule has 0 saturated heterocycles. The minimum Gasteiger partial charge on any atom is -0.274 e. The Kier molecular flexibility index (Phi) is 4.76. The van der Waals surface area contributed by atoms with Gasteiger partial charge in [0, 0.05) is 11.7 Å². The third-order valence-corrected chi connectivity index (χ3v) is 5.95. The van der Waals surface area contributed by atoms with Crippen molar-refractivity contribution in [3.63, 3.8) is 0 Å². The number of hydrogen-bond donors (Lipinski definition) is 0. The number of thioether (sulfide) groups is 1. The molecule has 0 spiro atoms. The van der Waals surface area contributed by atoms with Crippen LogP contribution in [0, 0.1) is 6.92 Å². The lowest BCUT2D eigenvalue weighted by molar-refractivity contribution is 0.829. The Labute approximate surface area is 161 Å². The van der Waals surface area contributed by atoms with E-state index in [1.165, 1.54) is 24.0 Å². The quantitative estimate of drug-likeness (QED) is 0.497. The third-order valence-electron chi connectivity index (χ3n) is 4.21. The number of nitrogens with zero attached hydrogens (tertiary/aromatic N) is 3. The molecular weight excluding hydrogens is 373 g/mol. The van der Waals surface area contributed by atoms with Gasteiger partial charge in [-0.3, -0.25) is 4.57 Å². The number of benzene rings is 2. The summed E-state index contributed by atoms with van der Waals surface area (Å²) in [5.41, 5.74) is 3.51. The Bertz CT molecular complexity index is 919. The highest BCUT2D eigenvalue weighted by Crippen LogP contribution is 2.41. The molecule has 0 radical (unpaired) electrons. The molecule has 1 fully saturated rings. The van der Waals surface area contributed by atoms with Gasteiger partial charge in [-0.25, -0.2) is 0 Å². The second-order valence-electron chi connectivity index (χ2n) is 6.33. The van der Waals surface area contributed by atoms with Gasteiger partial charge >= 0.3 is 0 Å². The van der Waals surface area contributed by atoms with Crippen LogP contribution >= 0.6 is 35.0 Å². The van der Waals surface area contributed by atoms with E-state index in [1.54, 1.807) is 11.8 Å². The number of rotatable bonds is 5. The third kappa shape index (κ3) is 3.71. The summed E-state index contributed by atoms with van der Waals surface area (Å²) in [5, 5.41) is 10.9. The van der Waals surface area contributed by atoms with Crippen molar-refractivity contribution < 1.29 is 0 Å². The van der Waals surface area contributed by atoms with Gasteiger partial charge in [-0.15, -0.1) is 10.2 Å². The standard InChI is InChI=1S/C19H17Cl2N3S/c1-12-3-2-4-13(9-12)11-25-19-23-22-18(14-5-6-14)24(19)15-7-8-16(20)17(21)10-15/h2-4,7-10,14H,5-6,11H2,1H3. The Morgan fingerprint density at radius 2 is 1.92 bits per heavy atom. The summed E-state index contributed by atoms with van der Waals surface area (Å²) in [4.78, 5) is 0. The highest BCUT2D eigenvalue weighted by atomic mass is 35.5. The fourth-order valence-electron chi connectivity index (χ4n) is 2.80. The van der Waals surface area contributed by atoms with Gasteiger partial charge in [0.25, 0.3) is 0 Å². The predicted molar refractivity (Wildman–Crippen MR) is 104 cm³/mol. The van der Waals surface area contributed by atoms with Crippen molar-refractivity contribution in [1.82, 2.24) is 14.8 Å². The van der Waals surface area contributed by atoms with Crippen molar-refractivity contribution in [3.05, 3.63) is 69.5 Å². The lowest BCUT2D eigenvalue weighted by Crippen LogP contribution is -2.02. The summed E-state index contributed by atoms with van der Waals surface area (Å²) >= 11 is 14.0. The van der Waals surface area contributed by atoms with Gasteiger partial charge < -0.3 is 0 Å². The smallest absolute Gasteiger partial charge is 0.196 e. The first-order valence-electron chi connectivity index (χ1n) is 8.21. The highest BCUT2D eigenvalue weighted by Gasteiger charge is 2.31. The first kappa shape index (κ1) is 17.0. The normalized spacial score (nSPS) is 14.0. The van der Waals surface area contributed by atoms with E-state index in [1.807, 2.05) is 18.2 Å². The van der Waals surface area contributed by atoms with Gasteiger partial charge in [0.05, 0.1) is 15.7 Å². The average molecular weight is 390 g/mol. The van der Waals surface area contributed by atoms with Crippen LogP contribution in [0.2, 0.25) is 10.0 Å². The maximum Gasteiger partial charge on any atom is 0.196 e. The molecule has 0 N–H and O–H groups in total. The van der Waals surface area contributed by atoms with Crippen molar-refractivity contribution in [2.75, 3.05) is 0 Å². The minimum absolute atomic E-state index is 0.496. The monoisotopic (exact) mass is 389 g/mol. The minimum atomic E-state index is 0.496. The molecule has 3 aromatic rings. The van der Waals surface area contributed by atoms with E-state index in [0.717, 1.165) is 22.4 Å². The summed E-state index contributed by atoms with van der Waals surface area (Å²) in [6.07, 6.45) is 2.34. The Hall–Kier alpha value is -1.49. The van der Waals surface area contributed by atoms with Gasteiger partial charge in [-0.05, 0) is 43.5 Å². The van der Waals surface area contributed by atoms with Crippen LogP contribution in [-0.2, 0) is 5.75 Å². The zero-order valence-corrected chi connectivity index (χ0v) is 16.1. The molecule has 128 valence electrons. The second-order valence-corrected chi connectivity index (χ2v) is 8.08. The zero-order valence-electron chi connectivity index (χ0n) is 13.7. The molecule has 0 atom stereocenters. The fourth-order valence-corrected chi connectivity index (χ4v) is 3.99. The summed E-state index contributed by atoms with van der Waals surface area (Å²) in [5.74, 6) is 2.37. The van der Waals surface area contributed by atoms with Crippen LogP contribution in [0.1, 0.15) is 35.7 Å².